The number of carbonyl (C=O) groups is 2. The van der Waals surface area contributed by atoms with Crippen molar-refractivity contribution in [3.63, 3.8) is 0 Å². The number of aliphatic hydroxyl groups excluding tert-OH is 1. The maximum Gasteiger partial charge on any atom is 0.301 e. The minimum Gasteiger partial charge on any atom is -0.507 e. The molecule has 1 aliphatic heterocycles. The summed E-state index contributed by atoms with van der Waals surface area (Å²) < 4.78 is 11.8. The Balaban J connectivity index is 1.79. The first kappa shape index (κ1) is 25.7. The summed E-state index contributed by atoms with van der Waals surface area (Å²) in [6.45, 7) is 3.92. The summed E-state index contributed by atoms with van der Waals surface area (Å²) in [4.78, 5) is 33.1. The van der Waals surface area contributed by atoms with E-state index in [1.54, 1.807) is 30.3 Å². The zero-order valence-corrected chi connectivity index (χ0v) is 23.3. The lowest BCUT2D eigenvalue weighted by Crippen LogP contribution is -2.29. The van der Waals surface area contributed by atoms with Crippen molar-refractivity contribution in [3.8, 4) is 17.2 Å². The Kier molecular flexibility index (Phi) is 6.62. The number of methoxy groups -OCH3 is 2. The van der Waals surface area contributed by atoms with Crippen LogP contribution in [0.15, 0.2) is 58.6 Å². The summed E-state index contributed by atoms with van der Waals surface area (Å²) in [5.41, 5.74) is 3.36. The van der Waals surface area contributed by atoms with E-state index in [2.05, 4.69) is 15.9 Å². The molecule has 10 heteroatoms. The number of thiazole rings is 1. The minimum atomic E-state index is -1.05. The van der Waals surface area contributed by atoms with Crippen molar-refractivity contribution in [1.82, 2.24) is 4.98 Å². The summed E-state index contributed by atoms with van der Waals surface area (Å²) in [6, 6.07) is 12.6. The van der Waals surface area contributed by atoms with Crippen LogP contribution in [0.25, 0.3) is 16.0 Å². The Labute approximate surface area is 230 Å². The molecule has 194 valence electrons. The van der Waals surface area contributed by atoms with Gasteiger partial charge in [-0.2, -0.15) is 0 Å². The van der Waals surface area contributed by atoms with Gasteiger partial charge in [0.1, 0.15) is 11.5 Å². The van der Waals surface area contributed by atoms with Crippen molar-refractivity contribution >= 4 is 60.1 Å². The Morgan fingerprint density at radius 2 is 1.84 bits per heavy atom. The van der Waals surface area contributed by atoms with Crippen LogP contribution in [0.3, 0.4) is 0 Å². The fraction of sp³-hybridized carbons (Fsp3) is 0.179. The predicted molar refractivity (Wildman–Crippen MR) is 149 cm³/mol. The molecular formula is C28H23BrN2O6S. The Morgan fingerprint density at radius 3 is 2.55 bits per heavy atom. The molecule has 0 aliphatic carbocycles. The van der Waals surface area contributed by atoms with Crippen molar-refractivity contribution in [1.29, 1.82) is 0 Å². The first-order chi connectivity index (χ1) is 18.1. The molecule has 38 heavy (non-hydrogen) atoms. The Bertz CT molecular complexity index is 1660. The number of phenolic OH excluding ortho intramolecular Hbond substituents is 1. The zero-order valence-electron chi connectivity index (χ0n) is 20.9. The van der Waals surface area contributed by atoms with E-state index < -0.39 is 17.7 Å². The lowest BCUT2D eigenvalue weighted by Gasteiger charge is -2.24. The highest BCUT2D eigenvalue weighted by Gasteiger charge is 2.48. The number of amides is 1. The smallest absolute Gasteiger partial charge is 0.301 e. The maximum absolute atomic E-state index is 13.6. The van der Waals surface area contributed by atoms with Crippen LogP contribution in [-0.4, -0.2) is 41.1 Å². The van der Waals surface area contributed by atoms with E-state index in [0.29, 0.717) is 26.5 Å². The van der Waals surface area contributed by atoms with Gasteiger partial charge in [-0.1, -0.05) is 29.5 Å². The van der Waals surface area contributed by atoms with Gasteiger partial charge in [-0.05, 0) is 76.8 Å². The van der Waals surface area contributed by atoms with Gasteiger partial charge in [0.2, 0.25) is 0 Å². The molecule has 1 atom stereocenters. The van der Waals surface area contributed by atoms with Crippen molar-refractivity contribution in [3.05, 3.63) is 80.8 Å². The number of aryl methyl sites for hydroxylation is 2. The highest BCUT2D eigenvalue weighted by atomic mass is 79.9. The van der Waals surface area contributed by atoms with Crippen LogP contribution in [0.1, 0.15) is 28.3 Å². The number of ketones is 1. The molecule has 0 saturated carbocycles. The van der Waals surface area contributed by atoms with Crippen molar-refractivity contribution < 1.29 is 29.3 Å². The molecule has 1 aliphatic rings. The molecule has 3 aromatic carbocycles. The Hall–Kier alpha value is -3.89. The molecule has 4 aromatic rings. The number of fused-ring (bicyclic) bond motifs is 1. The van der Waals surface area contributed by atoms with Crippen LogP contribution in [0.2, 0.25) is 0 Å². The van der Waals surface area contributed by atoms with E-state index in [0.717, 1.165) is 21.3 Å². The molecule has 0 bridgehead atoms. The quantitative estimate of drug-likeness (QED) is 0.165. The normalized spacial score (nSPS) is 16.9. The van der Waals surface area contributed by atoms with Crippen LogP contribution in [-0.2, 0) is 9.59 Å². The van der Waals surface area contributed by atoms with Gasteiger partial charge in [-0.25, -0.2) is 4.98 Å². The van der Waals surface area contributed by atoms with Crippen LogP contribution in [0.5, 0.6) is 17.2 Å². The second-order valence-corrected chi connectivity index (χ2v) is 10.7. The number of aromatic hydroxyl groups is 1. The molecule has 1 unspecified atom stereocenters. The van der Waals surface area contributed by atoms with E-state index in [-0.39, 0.29) is 22.8 Å². The number of phenols is 1. The largest absolute Gasteiger partial charge is 0.507 e. The topological polar surface area (TPSA) is 109 Å². The molecule has 2 N–H and O–H groups in total. The van der Waals surface area contributed by atoms with Crippen molar-refractivity contribution in [2.24, 2.45) is 0 Å². The summed E-state index contributed by atoms with van der Waals surface area (Å²) in [6.07, 6.45) is 0. The van der Waals surface area contributed by atoms with Crippen molar-refractivity contribution in [2.45, 2.75) is 19.9 Å². The van der Waals surface area contributed by atoms with Crippen LogP contribution in [0, 0.1) is 13.8 Å². The summed E-state index contributed by atoms with van der Waals surface area (Å²) in [5, 5.41) is 22.1. The van der Waals surface area contributed by atoms with E-state index in [1.165, 1.54) is 36.5 Å². The second-order valence-electron chi connectivity index (χ2n) is 8.88. The molecule has 0 spiro atoms. The Morgan fingerprint density at radius 1 is 1.08 bits per heavy atom. The second kappa shape index (κ2) is 9.77. The van der Waals surface area contributed by atoms with E-state index in [1.807, 2.05) is 26.0 Å². The number of Topliss-reactive ketones (excluding diaryl/α,β-unsaturated/α-hetero) is 1. The first-order valence-corrected chi connectivity index (χ1v) is 13.1. The van der Waals surface area contributed by atoms with Crippen LogP contribution in [0.4, 0.5) is 5.13 Å². The SMILES string of the molecule is COc1cccc(C(O)=C2C(=O)C(=O)N(c3nc4c(C)cc(C)cc4s3)C2c2cc(Br)c(O)c(OC)c2)c1. The van der Waals surface area contributed by atoms with Gasteiger partial charge in [0, 0.05) is 5.56 Å². The third-order valence-corrected chi connectivity index (χ3v) is 8.00. The number of benzene rings is 3. The number of halogens is 1. The summed E-state index contributed by atoms with van der Waals surface area (Å²) in [5.74, 6) is -1.55. The molecule has 2 heterocycles. The standard InChI is InChI=1S/C28H23BrN2O6S/c1-13-8-14(2)22-20(9-13)38-28(30-22)31-23(16-11-18(29)25(33)19(12-16)37-4)21(26(34)27(31)35)24(32)15-6-5-7-17(10-15)36-3/h5-12,23,32-33H,1-4H3. The van der Waals surface area contributed by atoms with E-state index in [9.17, 15) is 19.8 Å². The number of nitrogens with zero attached hydrogens (tertiary/aromatic N) is 2. The molecule has 8 nitrogen and oxygen atoms in total. The third kappa shape index (κ3) is 4.19. The highest BCUT2D eigenvalue weighted by Crippen LogP contribution is 2.47. The lowest BCUT2D eigenvalue weighted by molar-refractivity contribution is -0.132. The molecular weight excluding hydrogens is 572 g/mol. The number of aromatic nitrogens is 1. The van der Waals surface area contributed by atoms with Gasteiger partial charge in [0.15, 0.2) is 16.6 Å². The van der Waals surface area contributed by atoms with Crippen LogP contribution >= 0.6 is 27.3 Å². The zero-order chi connectivity index (χ0) is 27.3. The number of hydrogen-bond acceptors (Lipinski definition) is 8. The number of rotatable bonds is 5. The van der Waals surface area contributed by atoms with Crippen molar-refractivity contribution in [2.75, 3.05) is 19.1 Å². The number of ether oxygens (including phenoxy) is 2. The van der Waals surface area contributed by atoms with Gasteiger partial charge in [-0.15, -0.1) is 0 Å². The monoisotopic (exact) mass is 594 g/mol. The van der Waals surface area contributed by atoms with Crippen LogP contribution < -0.4 is 14.4 Å². The maximum atomic E-state index is 13.6. The highest BCUT2D eigenvalue weighted by molar-refractivity contribution is 9.10. The number of hydrogen-bond donors (Lipinski definition) is 2. The number of carbonyl (C=O) groups excluding carboxylic acids is 2. The molecule has 5 rings (SSSR count). The minimum absolute atomic E-state index is 0.116. The fourth-order valence-corrected chi connectivity index (χ4v) is 6.27. The molecule has 1 amide bonds. The molecule has 1 aromatic heterocycles. The van der Waals surface area contributed by atoms with Gasteiger partial charge in [0.05, 0.1) is 40.5 Å². The van der Waals surface area contributed by atoms with Gasteiger partial charge in [-0.3, -0.25) is 14.5 Å². The summed E-state index contributed by atoms with van der Waals surface area (Å²) in [7, 11) is 2.90. The summed E-state index contributed by atoms with van der Waals surface area (Å²) >= 11 is 4.62. The van der Waals surface area contributed by atoms with E-state index >= 15 is 0 Å². The fourth-order valence-electron chi connectivity index (χ4n) is 4.64. The molecule has 1 fully saturated rings. The van der Waals surface area contributed by atoms with Gasteiger partial charge >= 0.3 is 5.91 Å². The average Bonchev–Trinajstić information content (AvgIpc) is 3.43. The molecule has 1 saturated heterocycles. The average molecular weight is 595 g/mol. The number of anilines is 1. The van der Waals surface area contributed by atoms with Gasteiger partial charge in [0.25, 0.3) is 5.78 Å². The molecule has 0 radical (unpaired) electrons. The van der Waals surface area contributed by atoms with E-state index in [4.69, 9.17) is 14.5 Å². The third-order valence-electron chi connectivity index (χ3n) is 6.40. The lowest BCUT2D eigenvalue weighted by atomic mass is 9.95. The first-order valence-electron chi connectivity index (χ1n) is 11.5. The van der Waals surface area contributed by atoms with Gasteiger partial charge < -0.3 is 19.7 Å². The number of aliphatic hydroxyl groups is 1. The predicted octanol–water partition coefficient (Wildman–Crippen LogP) is 6.02.